The van der Waals surface area contributed by atoms with Gasteiger partial charge in [-0.05, 0) is 42.0 Å². The highest BCUT2D eigenvalue weighted by Gasteiger charge is 2.23. The number of benzene rings is 2. The number of phenolic OH excluding ortho intramolecular Hbond substituents is 1. The minimum Gasteiger partial charge on any atom is -0.508 e. The molecule has 20 heavy (non-hydrogen) atoms. The number of piperazine rings is 1. The molecule has 2 aromatic carbocycles. The van der Waals surface area contributed by atoms with Gasteiger partial charge in [0.2, 0.25) is 0 Å². The van der Waals surface area contributed by atoms with E-state index in [1.54, 1.807) is 12.1 Å². The fourth-order valence-electron chi connectivity index (χ4n) is 2.67. The van der Waals surface area contributed by atoms with Crippen molar-refractivity contribution in [3.05, 3.63) is 54.1 Å². The third kappa shape index (κ3) is 2.56. The molecule has 1 aliphatic heterocycles. The number of hydrogen-bond acceptors (Lipinski definition) is 4. The van der Waals surface area contributed by atoms with Crippen molar-refractivity contribution in [1.82, 2.24) is 5.32 Å². The minimum atomic E-state index is 0.271. The van der Waals surface area contributed by atoms with Crippen LogP contribution in [0.3, 0.4) is 0 Å². The molecule has 1 unspecified atom stereocenters. The number of anilines is 2. The fourth-order valence-corrected chi connectivity index (χ4v) is 2.67. The average Bonchev–Trinajstić information content (AvgIpc) is 2.49. The zero-order valence-corrected chi connectivity index (χ0v) is 11.3. The van der Waals surface area contributed by atoms with Gasteiger partial charge in [-0.2, -0.15) is 0 Å². The van der Waals surface area contributed by atoms with E-state index in [9.17, 15) is 5.11 Å². The first kappa shape index (κ1) is 12.8. The van der Waals surface area contributed by atoms with Crippen LogP contribution in [0.2, 0.25) is 0 Å². The molecule has 0 aliphatic carbocycles. The summed E-state index contributed by atoms with van der Waals surface area (Å²) in [4.78, 5) is 2.38. The van der Waals surface area contributed by atoms with Crippen LogP contribution in [0, 0.1) is 0 Å². The molecular weight excluding hydrogens is 250 g/mol. The Morgan fingerprint density at radius 3 is 2.45 bits per heavy atom. The molecule has 4 nitrogen and oxygen atoms in total. The van der Waals surface area contributed by atoms with Gasteiger partial charge in [0, 0.05) is 31.0 Å². The molecule has 2 aromatic rings. The number of rotatable bonds is 2. The van der Waals surface area contributed by atoms with Crippen LogP contribution in [0.25, 0.3) is 0 Å². The summed E-state index contributed by atoms with van der Waals surface area (Å²) in [5.74, 6) is 0.302. The second-order valence-corrected chi connectivity index (χ2v) is 5.10. The van der Waals surface area contributed by atoms with Gasteiger partial charge < -0.3 is 21.1 Å². The second kappa shape index (κ2) is 5.43. The second-order valence-electron chi connectivity index (χ2n) is 5.10. The van der Waals surface area contributed by atoms with Crippen molar-refractivity contribution in [2.45, 2.75) is 6.04 Å². The first-order valence-electron chi connectivity index (χ1n) is 6.86. The SMILES string of the molecule is Nc1ccc(N2CCNCC2c2ccc(O)cc2)cc1. The molecule has 0 saturated carbocycles. The number of nitrogens with two attached hydrogens (primary N) is 1. The largest absolute Gasteiger partial charge is 0.508 e. The number of nitrogen functional groups attached to an aromatic ring is 1. The molecular formula is C16H19N3O. The molecule has 0 amide bonds. The Hall–Kier alpha value is -2.20. The van der Waals surface area contributed by atoms with Gasteiger partial charge in [0.05, 0.1) is 6.04 Å². The molecule has 0 aromatic heterocycles. The van der Waals surface area contributed by atoms with Crippen molar-refractivity contribution in [3.63, 3.8) is 0 Å². The highest BCUT2D eigenvalue weighted by molar-refractivity contribution is 5.55. The quantitative estimate of drug-likeness (QED) is 0.731. The first-order chi connectivity index (χ1) is 9.74. The van der Waals surface area contributed by atoms with Crippen molar-refractivity contribution < 1.29 is 5.11 Å². The van der Waals surface area contributed by atoms with Gasteiger partial charge in [-0.1, -0.05) is 12.1 Å². The van der Waals surface area contributed by atoms with Gasteiger partial charge in [-0.15, -0.1) is 0 Å². The van der Waals surface area contributed by atoms with Crippen LogP contribution in [0.4, 0.5) is 11.4 Å². The molecule has 4 N–H and O–H groups in total. The Labute approximate surface area is 118 Å². The highest BCUT2D eigenvalue weighted by atomic mass is 16.3. The van der Waals surface area contributed by atoms with Crippen LogP contribution in [0.15, 0.2) is 48.5 Å². The van der Waals surface area contributed by atoms with Crippen molar-refractivity contribution in [3.8, 4) is 5.75 Å². The summed E-state index contributed by atoms with van der Waals surface area (Å²) in [5, 5.41) is 12.9. The predicted molar refractivity (Wildman–Crippen MR) is 81.9 cm³/mol. The molecule has 1 saturated heterocycles. The molecule has 0 spiro atoms. The van der Waals surface area contributed by atoms with E-state index < -0.39 is 0 Å². The molecule has 1 fully saturated rings. The van der Waals surface area contributed by atoms with Gasteiger partial charge in [-0.3, -0.25) is 0 Å². The minimum absolute atomic E-state index is 0.271. The highest BCUT2D eigenvalue weighted by Crippen LogP contribution is 2.29. The fraction of sp³-hybridized carbons (Fsp3) is 0.250. The van der Waals surface area contributed by atoms with Gasteiger partial charge in [0.1, 0.15) is 5.75 Å². The molecule has 3 rings (SSSR count). The molecule has 1 atom stereocenters. The molecule has 104 valence electrons. The number of aromatic hydroxyl groups is 1. The molecule has 1 heterocycles. The van der Waals surface area contributed by atoms with E-state index >= 15 is 0 Å². The maximum Gasteiger partial charge on any atom is 0.115 e. The first-order valence-corrected chi connectivity index (χ1v) is 6.86. The summed E-state index contributed by atoms with van der Waals surface area (Å²) < 4.78 is 0. The van der Waals surface area contributed by atoms with Crippen molar-refractivity contribution >= 4 is 11.4 Å². The Bertz CT molecular complexity index is 512. The van der Waals surface area contributed by atoms with Crippen LogP contribution >= 0.6 is 0 Å². The van der Waals surface area contributed by atoms with Crippen molar-refractivity contribution in [2.75, 3.05) is 30.3 Å². The molecule has 0 radical (unpaired) electrons. The zero-order chi connectivity index (χ0) is 13.9. The summed E-state index contributed by atoms with van der Waals surface area (Å²) >= 11 is 0. The Morgan fingerprint density at radius 1 is 1.05 bits per heavy atom. The van der Waals surface area contributed by atoms with Gasteiger partial charge in [-0.25, -0.2) is 0 Å². The van der Waals surface area contributed by atoms with Crippen LogP contribution < -0.4 is 16.0 Å². The molecule has 1 aliphatic rings. The van der Waals surface area contributed by atoms with E-state index in [-0.39, 0.29) is 6.04 Å². The smallest absolute Gasteiger partial charge is 0.115 e. The van der Waals surface area contributed by atoms with Crippen molar-refractivity contribution in [1.29, 1.82) is 0 Å². The van der Waals surface area contributed by atoms with Crippen molar-refractivity contribution in [2.24, 2.45) is 0 Å². The van der Waals surface area contributed by atoms with Crippen LogP contribution in [-0.4, -0.2) is 24.7 Å². The maximum atomic E-state index is 9.43. The lowest BCUT2D eigenvalue weighted by atomic mass is 10.0. The van der Waals surface area contributed by atoms with E-state index in [0.29, 0.717) is 5.75 Å². The van der Waals surface area contributed by atoms with Gasteiger partial charge >= 0.3 is 0 Å². The molecule has 0 bridgehead atoms. The van der Waals surface area contributed by atoms with E-state index in [4.69, 9.17) is 5.73 Å². The number of nitrogens with zero attached hydrogens (tertiary/aromatic N) is 1. The Morgan fingerprint density at radius 2 is 1.75 bits per heavy atom. The van der Waals surface area contributed by atoms with E-state index in [0.717, 1.165) is 25.3 Å². The van der Waals surface area contributed by atoms with Crippen LogP contribution in [0.1, 0.15) is 11.6 Å². The van der Waals surface area contributed by atoms with Gasteiger partial charge in [0.15, 0.2) is 0 Å². The average molecular weight is 269 g/mol. The number of hydrogen-bond donors (Lipinski definition) is 3. The predicted octanol–water partition coefficient (Wildman–Crippen LogP) is 2.13. The summed E-state index contributed by atoms with van der Waals surface area (Å²) in [5.41, 5.74) is 8.92. The van der Waals surface area contributed by atoms with E-state index in [2.05, 4.69) is 22.3 Å². The third-order valence-electron chi connectivity index (χ3n) is 3.75. The van der Waals surface area contributed by atoms with E-state index in [1.807, 2.05) is 24.3 Å². The van der Waals surface area contributed by atoms with Crippen LogP contribution in [0.5, 0.6) is 5.75 Å². The van der Waals surface area contributed by atoms with Crippen LogP contribution in [-0.2, 0) is 0 Å². The zero-order valence-electron chi connectivity index (χ0n) is 11.3. The Kier molecular flexibility index (Phi) is 3.48. The maximum absolute atomic E-state index is 9.43. The summed E-state index contributed by atoms with van der Waals surface area (Å²) in [6, 6.07) is 15.7. The lowest BCUT2D eigenvalue weighted by Gasteiger charge is -2.38. The lowest BCUT2D eigenvalue weighted by Crippen LogP contribution is -2.46. The summed E-state index contributed by atoms with van der Waals surface area (Å²) in [6.45, 7) is 2.82. The molecule has 4 heteroatoms. The topological polar surface area (TPSA) is 61.5 Å². The third-order valence-corrected chi connectivity index (χ3v) is 3.75. The normalized spacial score (nSPS) is 19.0. The monoisotopic (exact) mass is 269 g/mol. The summed E-state index contributed by atoms with van der Waals surface area (Å²) in [7, 11) is 0. The lowest BCUT2D eigenvalue weighted by molar-refractivity contribution is 0.471. The van der Waals surface area contributed by atoms with E-state index in [1.165, 1.54) is 11.3 Å². The van der Waals surface area contributed by atoms with Gasteiger partial charge in [0.25, 0.3) is 0 Å². The standard InChI is InChI=1S/C16H19N3O/c17-13-3-5-14(6-4-13)19-10-9-18-11-16(19)12-1-7-15(20)8-2-12/h1-8,16,18,20H,9-11,17H2. The Balaban J connectivity index is 1.90. The number of nitrogens with one attached hydrogen (secondary N) is 1. The summed E-state index contributed by atoms with van der Waals surface area (Å²) in [6.07, 6.45) is 0. The number of phenols is 1.